The lowest BCUT2D eigenvalue weighted by molar-refractivity contribution is -0.136. The van der Waals surface area contributed by atoms with Crippen LogP contribution in [0.15, 0.2) is 63.5 Å². The van der Waals surface area contributed by atoms with E-state index >= 15 is 0 Å². The van der Waals surface area contributed by atoms with E-state index < -0.39 is 18.0 Å². The number of benzene rings is 2. The number of allylic oxidation sites excluding steroid dienone is 1. The second-order valence-corrected chi connectivity index (χ2v) is 9.30. The van der Waals surface area contributed by atoms with Crippen LogP contribution in [-0.2, 0) is 14.3 Å². The van der Waals surface area contributed by atoms with Crippen LogP contribution >= 0.6 is 22.9 Å². The predicted molar refractivity (Wildman–Crippen MR) is 136 cm³/mol. The summed E-state index contributed by atoms with van der Waals surface area (Å²) in [5.74, 6) is -0.343. The van der Waals surface area contributed by atoms with Gasteiger partial charge in [0.25, 0.3) is 5.56 Å². The molecule has 186 valence electrons. The summed E-state index contributed by atoms with van der Waals surface area (Å²) in [6.45, 7) is 5.22. The number of aromatic nitrogens is 1. The van der Waals surface area contributed by atoms with E-state index in [1.54, 1.807) is 55.5 Å². The van der Waals surface area contributed by atoms with E-state index in [2.05, 4.69) is 4.99 Å². The molecule has 0 fully saturated rings. The van der Waals surface area contributed by atoms with Crippen molar-refractivity contribution >= 4 is 41.0 Å². The van der Waals surface area contributed by atoms with Crippen molar-refractivity contribution in [1.29, 1.82) is 0 Å². The van der Waals surface area contributed by atoms with Crippen LogP contribution in [0.1, 0.15) is 37.9 Å². The molecule has 0 amide bonds. The van der Waals surface area contributed by atoms with E-state index in [0.717, 1.165) is 0 Å². The highest BCUT2D eigenvalue weighted by Gasteiger charge is 2.33. The molecule has 2 aromatic carbocycles. The minimum absolute atomic E-state index is 0.281. The summed E-state index contributed by atoms with van der Waals surface area (Å²) in [4.78, 5) is 42.8. The average Bonchev–Trinajstić information content (AvgIpc) is 3.14. The summed E-state index contributed by atoms with van der Waals surface area (Å²) in [7, 11) is 1.29. The number of carbonyl (C=O) groups excluding carboxylic acids is 2. The van der Waals surface area contributed by atoms with Crippen molar-refractivity contribution in [2.45, 2.75) is 26.8 Å². The van der Waals surface area contributed by atoms with Gasteiger partial charge in [0.1, 0.15) is 0 Å². The molecule has 1 unspecified atom stereocenters. The highest BCUT2D eigenvalue weighted by atomic mass is 35.5. The zero-order valence-corrected chi connectivity index (χ0v) is 21.6. The number of fused-ring (bicyclic) bond motifs is 1. The van der Waals surface area contributed by atoms with Crippen LogP contribution < -0.4 is 24.4 Å². The second kappa shape index (κ2) is 10.5. The van der Waals surface area contributed by atoms with Crippen LogP contribution in [0.4, 0.5) is 0 Å². The summed E-state index contributed by atoms with van der Waals surface area (Å²) in [5, 5.41) is 0.536. The van der Waals surface area contributed by atoms with Gasteiger partial charge in [-0.15, -0.1) is 0 Å². The minimum Gasteiger partial charge on any atom is -0.490 e. The van der Waals surface area contributed by atoms with E-state index in [-0.39, 0.29) is 11.1 Å². The molecule has 1 aliphatic rings. The summed E-state index contributed by atoms with van der Waals surface area (Å²) in [6.07, 6.45) is 1.71. The average molecular weight is 527 g/mol. The number of methoxy groups -OCH3 is 1. The van der Waals surface area contributed by atoms with Gasteiger partial charge in [0, 0.05) is 11.9 Å². The molecule has 4 rings (SSSR count). The molecule has 3 aromatic rings. The lowest BCUT2D eigenvalue weighted by Crippen LogP contribution is -2.39. The number of ether oxygens (including phenoxy) is 3. The molecule has 8 nitrogen and oxygen atoms in total. The number of nitrogens with zero attached hydrogens (tertiary/aromatic N) is 2. The Labute approximate surface area is 215 Å². The van der Waals surface area contributed by atoms with E-state index in [4.69, 9.17) is 25.8 Å². The Kier molecular flexibility index (Phi) is 7.42. The van der Waals surface area contributed by atoms with Gasteiger partial charge < -0.3 is 14.2 Å². The normalized spacial score (nSPS) is 15.2. The Morgan fingerprint density at radius 2 is 1.89 bits per heavy atom. The van der Waals surface area contributed by atoms with Crippen LogP contribution in [0.5, 0.6) is 11.5 Å². The lowest BCUT2D eigenvalue weighted by atomic mass is 9.96. The smallest absolute Gasteiger partial charge is 0.338 e. The van der Waals surface area contributed by atoms with Crippen molar-refractivity contribution in [3.05, 3.63) is 89.6 Å². The minimum atomic E-state index is -0.724. The Hall–Kier alpha value is -3.69. The van der Waals surface area contributed by atoms with Crippen LogP contribution in [0.3, 0.4) is 0 Å². The SMILES string of the molecule is CCOc1cc(/C=c2/sc3n(c2=O)C(c2ccc(Cl)cc2)C(C(=O)OC)=C(C)N=3)ccc1OC(C)=O. The fraction of sp³-hybridized carbons (Fsp3) is 0.231. The number of carbonyl (C=O) groups is 2. The second-order valence-electron chi connectivity index (χ2n) is 7.86. The van der Waals surface area contributed by atoms with E-state index in [9.17, 15) is 14.4 Å². The molecule has 2 heterocycles. The maximum absolute atomic E-state index is 13.6. The Balaban J connectivity index is 1.89. The lowest BCUT2D eigenvalue weighted by Gasteiger charge is -2.24. The molecule has 1 aromatic heterocycles. The van der Waals surface area contributed by atoms with Crippen molar-refractivity contribution in [2.75, 3.05) is 13.7 Å². The van der Waals surface area contributed by atoms with Gasteiger partial charge in [0.05, 0.1) is 35.6 Å². The number of hydrogen-bond acceptors (Lipinski definition) is 8. The van der Waals surface area contributed by atoms with Gasteiger partial charge in [-0.25, -0.2) is 9.79 Å². The first-order chi connectivity index (χ1) is 17.2. The highest BCUT2D eigenvalue weighted by molar-refractivity contribution is 7.07. The number of halogens is 1. The maximum Gasteiger partial charge on any atom is 0.338 e. The third kappa shape index (κ3) is 4.98. The number of thiazole rings is 1. The summed E-state index contributed by atoms with van der Waals surface area (Å²) in [5.41, 5.74) is 1.81. The van der Waals surface area contributed by atoms with Gasteiger partial charge >= 0.3 is 11.9 Å². The molecule has 0 saturated carbocycles. The van der Waals surface area contributed by atoms with Gasteiger partial charge in [-0.05, 0) is 55.3 Å². The number of esters is 2. The Morgan fingerprint density at radius 1 is 1.17 bits per heavy atom. The molecule has 0 bridgehead atoms. The molecule has 0 spiro atoms. The van der Waals surface area contributed by atoms with Crippen LogP contribution in [0.25, 0.3) is 6.08 Å². The zero-order chi connectivity index (χ0) is 26.0. The maximum atomic E-state index is 13.6. The molecule has 1 atom stereocenters. The molecule has 36 heavy (non-hydrogen) atoms. The molecular formula is C26H23ClN2O6S. The first-order valence-electron chi connectivity index (χ1n) is 11.0. The van der Waals surface area contributed by atoms with Crippen molar-refractivity contribution in [1.82, 2.24) is 4.57 Å². The fourth-order valence-corrected chi connectivity index (χ4v) is 5.10. The summed E-state index contributed by atoms with van der Waals surface area (Å²) >= 11 is 7.28. The van der Waals surface area contributed by atoms with Gasteiger partial charge in [-0.3, -0.25) is 14.2 Å². The number of rotatable bonds is 6. The molecule has 0 radical (unpaired) electrons. The van der Waals surface area contributed by atoms with E-state index in [1.165, 1.54) is 29.9 Å². The van der Waals surface area contributed by atoms with Gasteiger partial charge in [-0.1, -0.05) is 41.1 Å². The van der Waals surface area contributed by atoms with Gasteiger partial charge in [0.15, 0.2) is 16.3 Å². The molecule has 1 aliphatic heterocycles. The van der Waals surface area contributed by atoms with Gasteiger partial charge in [-0.2, -0.15) is 0 Å². The topological polar surface area (TPSA) is 96.2 Å². The first kappa shape index (κ1) is 25.4. The molecule has 10 heteroatoms. The third-order valence-electron chi connectivity index (χ3n) is 5.43. The Morgan fingerprint density at radius 3 is 2.53 bits per heavy atom. The largest absolute Gasteiger partial charge is 0.490 e. The van der Waals surface area contributed by atoms with E-state index in [0.29, 0.717) is 49.3 Å². The monoisotopic (exact) mass is 526 g/mol. The fourth-order valence-electron chi connectivity index (χ4n) is 3.93. The van der Waals surface area contributed by atoms with Crippen molar-refractivity contribution in [2.24, 2.45) is 4.99 Å². The zero-order valence-electron chi connectivity index (χ0n) is 20.0. The number of hydrogen-bond donors (Lipinski definition) is 0. The Bertz CT molecular complexity index is 1550. The highest BCUT2D eigenvalue weighted by Crippen LogP contribution is 2.31. The third-order valence-corrected chi connectivity index (χ3v) is 6.67. The van der Waals surface area contributed by atoms with E-state index in [1.807, 2.05) is 6.92 Å². The molecule has 0 aliphatic carbocycles. The predicted octanol–water partition coefficient (Wildman–Crippen LogP) is 3.39. The van der Waals surface area contributed by atoms with Gasteiger partial charge in [0.2, 0.25) is 0 Å². The standard InChI is InChI=1S/C26H23ClN2O6S/c1-5-34-20-12-16(6-11-19(20)35-15(3)30)13-21-24(31)29-23(17-7-9-18(27)10-8-17)22(25(32)33-4)14(2)28-26(29)36-21/h6-13,23H,5H2,1-4H3/b21-13+. The van der Waals surface area contributed by atoms with Crippen molar-refractivity contribution < 1.29 is 23.8 Å². The summed E-state index contributed by atoms with van der Waals surface area (Å²) < 4.78 is 17.7. The molecule has 0 saturated heterocycles. The quantitative estimate of drug-likeness (QED) is 0.361. The van der Waals surface area contributed by atoms with Crippen LogP contribution in [0, 0.1) is 0 Å². The summed E-state index contributed by atoms with van der Waals surface area (Å²) in [6, 6.07) is 11.3. The van der Waals surface area contributed by atoms with Crippen LogP contribution in [-0.4, -0.2) is 30.2 Å². The van der Waals surface area contributed by atoms with Crippen molar-refractivity contribution in [3.8, 4) is 11.5 Å². The molecule has 0 N–H and O–H groups in total. The molecular weight excluding hydrogens is 504 g/mol. The van der Waals surface area contributed by atoms with Crippen LogP contribution in [0.2, 0.25) is 5.02 Å². The van der Waals surface area contributed by atoms with Crippen molar-refractivity contribution in [3.63, 3.8) is 0 Å². The first-order valence-corrected chi connectivity index (χ1v) is 12.2.